The zero-order valence-corrected chi connectivity index (χ0v) is 16.7. The molecule has 0 saturated heterocycles. The Morgan fingerprint density at radius 3 is 2.63 bits per heavy atom. The fourth-order valence-electron chi connectivity index (χ4n) is 2.37. The van der Waals surface area contributed by atoms with Gasteiger partial charge in [0.1, 0.15) is 23.9 Å². The number of aryl methyl sites for hydroxylation is 1. The molecule has 0 aliphatic carbocycles. The maximum atomic E-state index is 12.3. The highest BCUT2D eigenvalue weighted by atomic mass is 79.9. The first kappa shape index (κ1) is 19.0. The largest absolute Gasteiger partial charge is 0.497 e. The monoisotopic (exact) mass is 433 g/mol. The minimum absolute atomic E-state index is 0.228. The van der Waals surface area contributed by atoms with E-state index in [1.807, 2.05) is 37.4 Å². The van der Waals surface area contributed by atoms with Gasteiger partial charge in [-0.05, 0) is 59.3 Å². The number of nitrogens with one attached hydrogen (secondary N) is 1. The van der Waals surface area contributed by atoms with Crippen molar-refractivity contribution in [3.8, 4) is 11.5 Å². The van der Waals surface area contributed by atoms with E-state index in [1.165, 1.54) is 0 Å². The van der Waals surface area contributed by atoms with Crippen LogP contribution in [0, 0.1) is 0 Å². The third-order valence-corrected chi connectivity index (χ3v) is 4.52. The number of hydrogen-bond donors (Lipinski definition) is 1. The molecular weight excluding hydrogens is 414 g/mol. The summed E-state index contributed by atoms with van der Waals surface area (Å²) in [7, 11) is 1.61. The van der Waals surface area contributed by atoms with E-state index in [2.05, 4.69) is 26.3 Å². The molecule has 0 bridgehead atoms. The maximum absolute atomic E-state index is 12.3. The summed E-state index contributed by atoms with van der Waals surface area (Å²) in [5.74, 6) is 1.94. The summed E-state index contributed by atoms with van der Waals surface area (Å²) in [4.78, 5) is 12.3. The van der Waals surface area contributed by atoms with Gasteiger partial charge in [0.05, 0.1) is 23.8 Å². The number of carbonyl (C=O) groups excluding carboxylic acids is 1. The van der Waals surface area contributed by atoms with Crippen molar-refractivity contribution in [3.63, 3.8) is 0 Å². The number of nitrogens with zero attached hydrogens (tertiary/aromatic N) is 2. The lowest BCUT2D eigenvalue weighted by atomic mass is 10.3. The Kier molecular flexibility index (Phi) is 6.18. The van der Waals surface area contributed by atoms with Gasteiger partial charge in [-0.25, -0.2) is 0 Å². The van der Waals surface area contributed by atoms with Crippen LogP contribution in [0.3, 0.4) is 0 Å². The molecule has 0 aliphatic rings. The van der Waals surface area contributed by atoms with Gasteiger partial charge in [-0.3, -0.25) is 9.48 Å². The van der Waals surface area contributed by atoms with E-state index in [0.29, 0.717) is 18.1 Å². The normalized spacial score (nSPS) is 10.6. The van der Waals surface area contributed by atoms with Crippen LogP contribution in [0.4, 0.5) is 0 Å². The number of hydrogen-bond acceptors (Lipinski definition) is 5. The highest BCUT2D eigenvalue weighted by Gasteiger charge is 2.13. The second kappa shape index (κ2) is 8.77. The van der Waals surface area contributed by atoms with E-state index in [9.17, 15) is 4.79 Å². The zero-order valence-electron chi connectivity index (χ0n) is 15.1. The predicted octanol–water partition coefficient (Wildman–Crippen LogP) is 3.78. The number of methoxy groups -OCH3 is 1. The molecular formula is C19H20BrN3O4. The molecule has 8 heteroatoms. The van der Waals surface area contributed by atoms with Crippen LogP contribution in [0.1, 0.15) is 28.9 Å². The molecule has 0 atom stereocenters. The second-order valence-corrected chi connectivity index (χ2v) is 6.55. The van der Waals surface area contributed by atoms with Gasteiger partial charge >= 0.3 is 0 Å². The Morgan fingerprint density at radius 2 is 1.96 bits per heavy atom. The lowest BCUT2D eigenvalue weighted by Crippen LogP contribution is -2.22. The van der Waals surface area contributed by atoms with Gasteiger partial charge in [-0.15, -0.1) is 0 Å². The molecule has 2 heterocycles. The van der Waals surface area contributed by atoms with Crippen molar-refractivity contribution in [2.45, 2.75) is 26.6 Å². The summed E-state index contributed by atoms with van der Waals surface area (Å²) in [6, 6.07) is 10.6. The first-order valence-corrected chi connectivity index (χ1v) is 9.24. The molecule has 1 N–H and O–H groups in total. The lowest BCUT2D eigenvalue weighted by Gasteiger charge is -2.05. The standard InChI is InChI=1S/C19H20BrN3O4/c1-3-23-11-16(20)17(22-23)10-21-19(24)18-9-8-15(27-18)12-26-14-6-4-13(25-2)5-7-14/h4-9,11H,3,10,12H2,1-2H3,(H,21,24). The Balaban J connectivity index is 1.52. The molecule has 2 aromatic heterocycles. The average Bonchev–Trinajstić information content (AvgIpc) is 3.31. The van der Waals surface area contributed by atoms with E-state index in [1.54, 1.807) is 23.9 Å². The number of carbonyl (C=O) groups is 1. The van der Waals surface area contributed by atoms with Crippen LogP contribution in [-0.4, -0.2) is 22.8 Å². The van der Waals surface area contributed by atoms with Crippen LogP contribution in [0.15, 0.2) is 51.5 Å². The second-order valence-electron chi connectivity index (χ2n) is 5.69. The van der Waals surface area contributed by atoms with Crippen LogP contribution in [0.25, 0.3) is 0 Å². The number of rotatable bonds is 8. The highest BCUT2D eigenvalue weighted by Crippen LogP contribution is 2.19. The molecule has 0 saturated carbocycles. The Bertz CT molecular complexity index is 902. The maximum Gasteiger partial charge on any atom is 0.287 e. The van der Waals surface area contributed by atoms with Gasteiger partial charge in [0.25, 0.3) is 5.91 Å². The fraction of sp³-hybridized carbons (Fsp3) is 0.263. The van der Waals surface area contributed by atoms with Crippen LogP contribution in [0.5, 0.6) is 11.5 Å². The van der Waals surface area contributed by atoms with Crippen molar-refractivity contribution < 1.29 is 18.7 Å². The smallest absolute Gasteiger partial charge is 0.287 e. The van der Waals surface area contributed by atoms with Crippen molar-refractivity contribution in [2.24, 2.45) is 0 Å². The first-order valence-electron chi connectivity index (χ1n) is 8.44. The number of aromatic nitrogens is 2. The van der Waals surface area contributed by atoms with E-state index >= 15 is 0 Å². The van der Waals surface area contributed by atoms with Gasteiger partial charge in [-0.1, -0.05) is 0 Å². The molecule has 3 aromatic rings. The van der Waals surface area contributed by atoms with Crippen molar-refractivity contribution in [3.05, 3.63) is 64.3 Å². The zero-order chi connectivity index (χ0) is 19.2. The van der Waals surface area contributed by atoms with Crippen molar-refractivity contribution in [2.75, 3.05) is 7.11 Å². The highest BCUT2D eigenvalue weighted by molar-refractivity contribution is 9.10. The van der Waals surface area contributed by atoms with Crippen molar-refractivity contribution in [1.29, 1.82) is 0 Å². The molecule has 0 unspecified atom stereocenters. The number of halogens is 1. The van der Waals surface area contributed by atoms with Crippen molar-refractivity contribution in [1.82, 2.24) is 15.1 Å². The van der Waals surface area contributed by atoms with E-state index in [4.69, 9.17) is 13.9 Å². The molecule has 27 heavy (non-hydrogen) atoms. The van der Waals surface area contributed by atoms with E-state index in [-0.39, 0.29) is 18.3 Å². The molecule has 142 valence electrons. The fourth-order valence-corrected chi connectivity index (χ4v) is 2.83. The molecule has 1 aromatic carbocycles. The summed E-state index contributed by atoms with van der Waals surface area (Å²) >= 11 is 3.44. The Hall–Kier alpha value is -2.74. The summed E-state index contributed by atoms with van der Waals surface area (Å²) < 4.78 is 19.0. The molecule has 0 spiro atoms. The summed E-state index contributed by atoms with van der Waals surface area (Å²) in [5, 5.41) is 7.17. The number of benzene rings is 1. The van der Waals surface area contributed by atoms with Crippen LogP contribution >= 0.6 is 15.9 Å². The quantitative estimate of drug-likeness (QED) is 0.584. The minimum atomic E-state index is -0.302. The Morgan fingerprint density at radius 1 is 1.22 bits per heavy atom. The Labute approximate surface area is 165 Å². The average molecular weight is 434 g/mol. The van der Waals surface area contributed by atoms with Gasteiger partial charge in [-0.2, -0.15) is 5.10 Å². The third kappa shape index (κ3) is 4.91. The van der Waals surface area contributed by atoms with Gasteiger partial charge in [0, 0.05) is 12.7 Å². The van der Waals surface area contributed by atoms with Crippen LogP contribution in [0.2, 0.25) is 0 Å². The lowest BCUT2D eigenvalue weighted by molar-refractivity contribution is 0.0918. The van der Waals surface area contributed by atoms with Crippen molar-refractivity contribution >= 4 is 21.8 Å². The van der Waals surface area contributed by atoms with Gasteiger partial charge in [0.15, 0.2) is 5.76 Å². The number of amides is 1. The molecule has 0 aliphatic heterocycles. The topological polar surface area (TPSA) is 78.5 Å². The van der Waals surface area contributed by atoms with Gasteiger partial charge in [0.2, 0.25) is 0 Å². The molecule has 1 amide bonds. The minimum Gasteiger partial charge on any atom is -0.497 e. The van der Waals surface area contributed by atoms with Crippen LogP contribution < -0.4 is 14.8 Å². The van der Waals surface area contributed by atoms with Crippen LogP contribution in [-0.2, 0) is 19.7 Å². The predicted molar refractivity (Wildman–Crippen MR) is 103 cm³/mol. The third-order valence-electron chi connectivity index (χ3n) is 3.85. The molecule has 0 fully saturated rings. The molecule has 0 radical (unpaired) electrons. The first-order chi connectivity index (χ1) is 13.1. The summed E-state index contributed by atoms with van der Waals surface area (Å²) in [5.41, 5.74) is 0.764. The van der Waals surface area contributed by atoms with Gasteiger partial charge < -0.3 is 19.2 Å². The number of ether oxygens (including phenoxy) is 2. The number of furan rings is 1. The van der Waals surface area contributed by atoms with E-state index in [0.717, 1.165) is 22.5 Å². The molecule has 3 rings (SSSR count). The van der Waals surface area contributed by atoms with E-state index < -0.39 is 0 Å². The SMILES string of the molecule is CCn1cc(Br)c(CNC(=O)c2ccc(COc3ccc(OC)cc3)o2)n1. The summed E-state index contributed by atoms with van der Waals surface area (Å²) in [6.45, 7) is 3.30. The molecule has 7 nitrogen and oxygen atoms in total. The summed E-state index contributed by atoms with van der Waals surface area (Å²) in [6.07, 6.45) is 1.88.